The van der Waals surface area contributed by atoms with Crippen molar-refractivity contribution in [3.05, 3.63) is 131 Å². The summed E-state index contributed by atoms with van der Waals surface area (Å²) in [5.74, 6) is 0. The van der Waals surface area contributed by atoms with E-state index in [0.29, 0.717) is 0 Å². The van der Waals surface area contributed by atoms with Crippen LogP contribution in [0.4, 0.5) is 11.4 Å². The van der Waals surface area contributed by atoms with Gasteiger partial charge >= 0.3 is 0 Å². The molecule has 0 saturated carbocycles. The molecule has 0 heterocycles. The van der Waals surface area contributed by atoms with E-state index in [9.17, 15) is 0 Å². The predicted molar refractivity (Wildman–Crippen MR) is 130 cm³/mol. The van der Waals surface area contributed by atoms with Gasteiger partial charge in [0, 0.05) is 18.4 Å². The van der Waals surface area contributed by atoms with Crippen molar-refractivity contribution in [3.8, 4) is 0 Å². The molecule has 1 heteroatoms. The van der Waals surface area contributed by atoms with Gasteiger partial charge in [0.25, 0.3) is 0 Å². The molecule has 0 aliphatic rings. The molecule has 1 nitrogen and oxygen atoms in total. The summed E-state index contributed by atoms with van der Waals surface area (Å²) in [7, 11) is 2.10. The molecule has 30 heavy (non-hydrogen) atoms. The first-order chi connectivity index (χ1) is 14.6. The van der Waals surface area contributed by atoms with Crippen molar-refractivity contribution in [2.75, 3.05) is 11.9 Å². The number of hydrogen-bond acceptors (Lipinski definition) is 1. The lowest BCUT2D eigenvalue weighted by molar-refractivity contribution is 1.21. The van der Waals surface area contributed by atoms with Gasteiger partial charge in [-0.1, -0.05) is 90.0 Å². The van der Waals surface area contributed by atoms with E-state index in [1.165, 1.54) is 44.8 Å². The molecule has 0 aromatic heterocycles. The zero-order valence-electron chi connectivity index (χ0n) is 17.8. The van der Waals surface area contributed by atoms with Crippen molar-refractivity contribution in [1.29, 1.82) is 0 Å². The smallest absolute Gasteiger partial charge is 0.0408 e. The number of anilines is 2. The van der Waals surface area contributed by atoms with E-state index < -0.39 is 0 Å². The van der Waals surface area contributed by atoms with Crippen LogP contribution >= 0.6 is 0 Å². The number of rotatable bonds is 5. The average Bonchev–Trinajstić information content (AvgIpc) is 2.79. The first kappa shape index (κ1) is 19.7. The van der Waals surface area contributed by atoms with Gasteiger partial charge in [-0.2, -0.15) is 0 Å². The standard InChI is InChI=1S/C29H27N/c1-22-9-15-25(16-10-22)29(26-17-11-23(2)12-18-26)21-24-13-19-28(20-14-24)30(3)27-7-5-4-6-8-27/h4-21H,1-3H3. The summed E-state index contributed by atoms with van der Waals surface area (Å²) in [6.07, 6.45) is 2.28. The van der Waals surface area contributed by atoms with Crippen molar-refractivity contribution in [1.82, 2.24) is 0 Å². The fraction of sp³-hybridized carbons (Fsp3) is 0.103. The van der Waals surface area contributed by atoms with Gasteiger partial charge < -0.3 is 4.90 Å². The highest BCUT2D eigenvalue weighted by Crippen LogP contribution is 2.28. The highest BCUT2D eigenvalue weighted by Gasteiger charge is 2.07. The van der Waals surface area contributed by atoms with Gasteiger partial charge in [-0.15, -0.1) is 0 Å². The first-order valence-electron chi connectivity index (χ1n) is 10.3. The molecule has 0 radical (unpaired) electrons. The normalized spacial score (nSPS) is 10.5. The van der Waals surface area contributed by atoms with Crippen molar-refractivity contribution >= 4 is 23.0 Å². The molecule has 148 valence electrons. The number of benzene rings is 4. The summed E-state index contributed by atoms with van der Waals surface area (Å²) >= 11 is 0. The van der Waals surface area contributed by atoms with Crippen molar-refractivity contribution in [2.45, 2.75) is 13.8 Å². The van der Waals surface area contributed by atoms with Gasteiger partial charge in [0.2, 0.25) is 0 Å². The Hall–Kier alpha value is -3.58. The molecule has 0 spiro atoms. The zero-order valence-corrected chi connectivity index (χ0v) is 17.8. The lowest BCUT2D eigenvalue weighted by Crippen LogP contribution is -2.08. The van der Waals surface area contributed by atoms with E-state index in [2.05, 4.69) is 129 Å². The fourth-order valence-electron chi connectivity index (χ4n) is 3.56. The highest BCUT2D eigenvalue weighted by atomic mass is 15.1. The van der Waals surface area contributed by atoms with E-state index >= 15 is 0 Å². The Morgan fingerprint density at radius 2 is 1.03 bits per heavy atom. The Morgan fingerprint density at radius 1 is 0.567 bits per heavy atom. The van der Waals surface area contributed by atoms with Crippen LogP contribution in [-0.2, 0) is 0 Å². The molecular weight excluding hydrogens is 362 g/mol. The SMILES string of the molecule is Cc1ccc(C(=Cc2ccc(N(C)c3ccccc3)cc2)c2ccc(C)cc2)cc1. The van der Waals surface area contributed by atoms with Crippen molar-refractivity contribution in [3.63, 3.8) is 0 Å². The van der Waals surface area contributed by atoms with Crippen molar-refractivity contribution < 1.29 is 0 Å². The molecule has 0 bridgehead atoms. The Morgan fingerprint density at radius 3 is 1.53 bits per heavy atom. The lowest BCUT2D eigenvalue weighted by atomic mass is 9.94. The Kier molecular flexibility index (Phi) is 5.81. The van der Waals surface area contributed by atoms with E-state index in [1.807, 2.05) is 6.07 Å². The lowest BCUT2D eigenvalue weighted by Gasteiger charge is -2.19. The minimum absolute atomic E-state index is 1.17. The van der Waals surface area contributed by atoms with Crippen LogP contribution in [-0.4, -0.2) is 7.05 Å². The maximum absolute atomic E-state index is 2.28. The van der Waals surface area contributed by atoms with Crippen LogP contribution in [0.25, 0.3) is 11.6 Å². The molecule has 0 unspecified atom stereocenters. The highest BCUT2D eigenvalue weighted by molar-refractivity contribution is 5.91. The molecule has 0 aliphatic heterocycles. The zero-order chi connectivity index (χ0) is 20.9. The Labute approximate surface area is 179 Å². The molecule has 4 aromatic carbocycles. The molecule has 0 aliphatic carbocycles. The summed E-state index contributed by atoms with van der Waals surface area (Å²) in [6.45, 7) is 4.25. The van der Waals surface area contributed by atoms with Gasteiger partial charge in [-0.3, -0.25) is 0 Å². The molecular formula is C29H27N. The molecule has 4 rings (SSSR count). The fourth-order valence-corrected chi connectivity index (χ4v) is 3.56. The van der Waals surface area contributed by atoms with E-state index in [-0.39, 0.29) is 0 Å². The third-order valence-corrected chi connectivity index (χ3v) is 5.46. The van der Waals surface area contributed by atoms with Gasteiger partial charge in [-0.05, 0) is 66.5 Å². The van der Waals surface area contributed by atoms with Crippen LogP contribution in [0.2, 0.25) is 0 Å². The molecule has 0 N–H and O–H groups in total. The quantitative estimate of drug-likeness (QED) is 0.317. The second-order valence-corrected chi connectivity index (χ2v) is 7.78. The second-order valence-electron chi connectivity index (χ2n) is 7.78. The Bertz CT molecular complexity index is 1070. The van der Waals surface area contributed by atoms with Crippen LogP contribution in [0.15, 0.2) is 103 Å². The largest absolute Gasteiger partial charge is 0.345 e. The van der Waals surface area contributed by atoms with E-state index in [1.54, 1.807) is 0 Å². The predicted octanol–water partition coefficient (Wildman–Crippen LogP) is 7.66. The number of aryl methyl sites for hydroxylation is 2. The summed E-state index contributed by atoms with van der Waals surface area (Å²) in [4.78, 5) is 2.20. The molecule has 4 aromatic rings. The van der Waals surface area contributed by atoms with Crippen LogP contribution in [0.3, 0.4) is 0 Å². The van der Waals surface area contributed by atoms with Crippen LogP contribution in [0, 0.1) is 13.8 Å². The minimum atomic E-state index is 1.17. The third-order valence-electron chi connectivity index (χ3n) is 5.46. The molecule has 0 fully saturated rings. The Balaban J connectivity index is 1.69. The number of hydrogen-bond donors (Lipinski definition) is 0. The number of para-hydroxylation sites is 1. The second kappa shape index (κ2) is 8.84. The van der Waals surface area contributed by atoms with Crippen LogP contribution in [0.1, 0.15) is 27.8 Å². The maximum atomic E-state index is 2.28. The van der Waals surface area contributed by atoms with Crippen LogP contribution in [0.5, 0.6) is 0 Å². The van der Waals surface area contributed by atoms with Gasteiger partial charge in [0.05, 0.1) is 0 Å². The summed E-state index contributed by atoms with van der Waals surface area (Å²) < 4.78 is 0. The maximum Gasteiger partial charge on any atom is 0.0408 e. The van der Waals surface area contributed by atoms with Gasteiger partial charge in [0.15, 0.2) is 0 Å². The van der Waals surface area contributed by atoms with Crippen LogP contribution < -0.4 is 4.90 Å². The monoisotopic (exact) mass is 389 g/mol. The number of nitrogens with zero attached hydrogens (tertiary/aromatic N) is 1. The van der Waals surface area contributed by atoms with Gasteiger partial charge in [0.1, 0.15) is 0 Å². The first-order valence-corrected chi connectivity index (χ1v) is 10.3. The minimum Gasteiger partial charge on any atom is -0.345 e. The summed E-state index contributed by atoms with van der Waals surface area (Å²) in [6, 6.07) is 36.7. The van der Waals surface area contributed by atoms with E-state index in [0.717, 1.165) is 0 Å². The third kappa shape index (κ3) is 4.52. The van der Waals surface area contributed by atoms with Gasteiger partial charge in [-0.25, -0.2) is 0 Å². The topological polar surface area (TPSA) is 3.24 Å². The molecule has 0 saturated heterocycles. The molecule has 0 amide bonds. The molecule has 0 atom stereocenters. The van der Waals surface area contributed by atoms with Crippen molar-refractivity contribution in [2.24, 2.45) is 0 Å². The summed E-state index contributed by atoms with van der Waals surface area (Å²) in [5, 5.41) is 0. The van der Waals surface area contributed by atoms with E-state index in [4.69, 9.17) is 0 Å². The average molecular weight is 390 g/mol. The summed E-state index contributed by atoms with van der Waals surface area (Å²) in [5.41, 5.74) is 9.79.